The van der Waals surface area contributed by atoms with Crippen molar-refractivity contribution >= 4 is 35.8 Å². The van der Waals surface area contributed by atoms with Crippen LogP contribution in [0.1, 0.15) is 62.1 Å². The SMILES string of the molecule is O.O.O=C(O)c1cccc(C(=O)O)c1C(=O)[O-].O=C(O)c1cccc(C(=O)O)c1C(=O)[O-].[Cd+2].[OH3+].[OH3+].[OH3+].[OH3+]. The van der Waals surface area contributed by atoms with Crippen LogP contribution in [-0.4, -0.2) is 67.2 Å². The second-order valence-electron chi connectivity index (χ2n) is 5.25. The summed E-state index contributed by atoms with van der Waals surface area (Å²) in [6.45, 7) is 0. The van der Waals surface area contributed by atoms with Gasteiger partial charge in [0.1, 0.15) is 0 Å². The molecule has 2 aromatic rings. The fourth-order valence-electron chi connectivity index (χ4n) is 2.26. The van der Waals surface area contributed by atoms with E-state index in [1.54, 1.807) is 0 Å². The number of aromatic carboxylic acids is 6. The Bertz CT molecular complexity index is 930. The first kappa shape index (κ1) is 49.9. The average Bonchev–Trinajstić information content (AvgIpc) is 2.66. The van der Waals surface area contributed by atoms with Crippen molar-refractivity contribution in [3.8, 4) is 0 Å². The molecule has 0 aromatic heterocycles. The van der Waals surface area contributed by atoms with E-state index in [1.807, 2.05) is 0 Å². The van der Waals surface area contributed by atoms with Gasteiger partial charge in [0.25, 0.3) is 0 Å². The summed E-state index contributed by atoms with van der Waals surface area (Å²) >= 11 is 0. The van der Waals surface area contributed by atoms with Crippen LogP contribution >= 0.6 is 0 Å². The Labute approximate surface area is 225 Å². The predicted octanol–water partition coefficient (Wildman–Crippen LogP) is -6.45. The van der Waals surface area contributed by atoms with Gasteiger partial charge in [0, 0.05) is 11.1 Å². The summed E-state index contributed by atoms with van der Waals surface area (Å²) in [4.78, 5) is 63.7. The molecule has 0 bridgehead atoms. The molecule has 0 unspecified atom stereocenters. The van der Waals surface area contributed by atoms with E-state index in [-0.39, 0.29) is 60.2 Å². The number of rotatable bonds is 6. The number of carbonyl (C=O) groups excluding carboxylic acids is 2. The van der Waals surface area contributed by atoms with Crippen LogP contribution in [0.25, 0.3) is 0 Å². The third-order valence-electron chi connectivity index (χ3n) is 3.46. The molecule has 0 aliphatic rings. The summed E-state index contributed by atoms with van der Waals surface area (Å²) in [6, 6.07) is 6.30. The van der Waals surface area contributed by atoms with Gasteiger partial charge < -0.3 is 73.1 Å². The molecule has 0 amide bonds. The molecule has 2 rings (SSSR count). The Hall–Kier alpha value is -4.06. The Morgan fingerprint density at radius 3 is 0.757 bits per heavy atom. The Morgan fingerprint density at radius 2 is 0.649 bits per heavy atom. The molecular formula is C18H26CdO18+4. The van der Waals surface area contributed by atoms with Gasteiger partial charge in [0.05, 0.1) is 34.2 Å². The third-order valence-corrected chi connectivity index (χ3v) is 3.46. The summed E-state index contributed by atoms with van der Waals surface area (Å²) in [5.41, 5.74) is -4.05. The van der Waals surface area contributed by atoms with Gasteiger partial charge >= 0.3 is 51.2 Å². The van der Waals surface area contributed by atoms with Crippen molar-refractivity contribution in [2.75, 3.05) is 0 Å². The van der Waals surface area contributed by atoms with Gasteiger partial charge in [-0.3, -0.25) is 0 Å². The first-order valence-electron chi connectivity index (χ1n) is 7.52. The summed E-state index contributed by atoms with van der Waals surface area (Å²) in [7, 11) is 0. The molecule has 0 aliphatic heterocycles. The molecule has 20 N–H and O–H groups in total. The van der Waals surface area contributed by atoms with Crippen LogP contribution < -0.4 is 10.2 Å². The van der Waals surface area contributed by atoms with E-state index < -0.39 is 69.2 Å². The van der Waals surface area contributed by atoms with E-state index in [1.165, 1.54) is 0 Å². The zero-order valence-corrected chi connectivity index (χ0v) is 22.6. The van der Waals surface area contributed by atoms with Gasteiger partial charge in [-0.1, -0.05) is 12.1 Å². The zero-order valence-electron chi connectivity index (χ0n) is 18.5. The normalized spacial score (nSPS) is 7.78. The molecule has 0 atom stereocenters. The minimum absolute atomic E-state index is 0. The Kier molecular flexibility index (Phi) is 28.7. The van der Waals surface area contributed by atoms with Crippen molar-refractivity contribution in [1.29, 1.82) is 0 Å². The van der Waals surface area contributed by atoms with E-state index in [0.717, 1.165) is 36.4 Å². The van der Waals surface area contributed by atoms with E-state index in [9.17, 15) is 39.0 Å². The number of hydrogen-bond donors (Lipinski definition) is 4. The molecule has 18 nitrogen and oxygen atoms in total. The molecule has 0 saturated carbocycles. The third kappa shape index (κ3) is 12.5. The molecular weight excluding hydrogens is 617 g/mol. The first-order chi connectivity index (χ1) is 13.9. The quantitative estimate of drug-likeness (QED) is 0.169. The summed E-state index contributed by atoms with van der Waals surface area (Å²) < 4.78 is 0. The standard InChI is InChI=1S/2C9H6O6.Cd.6H2O/c2*10-7(11)4-2-1-3-5(8(12)13)6(4)9(14)15;;;;;;;/h2*1-3H,(H,10,11)(H,12,13)(H,14,15);;6*1H2/q;;+2;;;;;;/p+2. The summed E-state index contributed by atoms with van der Waals surface area (Å²) in [6.07, 6.45) is 0. The second kappa shape index (κ2) is 21.2. The molecule has 0 aliphatic carbocycles. The minimum atomic E-state index is -1.83. The van der Waals surface area contributed by atoms with Crippen molar-refractivity contribution in [2.24, 2.45) is 0 Å². The van der Waals surface area contributed by atoms with E-state index in [4.69, 9.17) is 20.4 Å². The van der Waals surface area contributed by atoms with Gasteiger partial charge in [-0.15, -0.1) is 0 Å². The van der Waals surface area contributed by atoms with Crippen molar-refractivity contribution in [2.45, 2.75) is 0 Å². The minimum Gasteiger partial charge on any atom is -0.545 e. The number of carboxylic acid groups (broad SMARTS) is 6. The topological polar surface area (TPSA) is 424 Å². The van der Waals surface area contributed by atoms with Crippen LogP contribution in [0, 0.1) is 0 Å². The Balaban J connectivity index is -0.0000000818. The number of carboxylic acids is 6. The van der Waals surface area contributed by atoms with Gasteiger partial charge in [0.2, 0.25) is 0 Å². The van der Waals surface area contributed by atoms with Crippen LogP contribution in [0.2, 0.25) is 0 Å². The largest absolute Gasteiger partial charge is 2.00 e. The maximum absolute atomic E-state index is 10.6. The first-order valence-corrected chi connectivity index (χ1v) is 7.52. The summed E-state index contributed by atoms with van der Waals surface area (Å²) in [5, 5.41) is 55.8. The maximum atomic E-state index is 10.6. The van der Waals surface area contributed by atoms with Gasteiger partial charge in [0.15, 0.2) is 0 Å². The van der Waals surface area contributed by atoms with Gasteiger partial charge in [-0.2, -0.15) is 0 Å². The van der Waals surface area contributed by atoms with E-state index in [0.29, 0.717) is 0 Å². The fourth-order valence-corrected chi connectivity index (χ4v) is 2.26. The smallest absolute Gasteiger partial charge is 0.545 e. The Morgan fingerprint density at radius 1 is 0.486 bits per heavy atom. The van der Waals surface area contributed by atoms with Crippen LogP contribution in [-0.2, 0) is 49.2 Å². The number of hydrogen-bond acceptors (Lipinski definition) is 8. The van der Waals surface area contributed by atoms with Gasteiger partial charge in [-0.25, -0.2) is 19.2 Å². The van der Waals surface area contributed by atoms with Crippen LogP contribution in [0.15, 0.2) is 36.4 Å². The molecule has 0 spiro atoms. The van der Waals surface area contributed by atoms with Crippen molar-refractivity contribution in [3.63, 3.8) is 0 Å². The van der Waals surface area contributed by atoms with Crippen molar-refractivity contribution in [1.82, 2.24) is 0 Å². The van der Waals surface area contributed by atoms with Crippen LogP contribution in [0.3, 0.4) is 0 Å². The second-order valence-corrected chi connectivity index (χ2v) is 5.25. The molecule has 2 aromatic carbocycles. The molecule has 0 heterocycles. The van der Waals surface area contributed by atoms with E-state index in [2.05, 4.69) is 0 Å². The van der Waals surface area contributed by atoms with E-state index >= 15 is 0 Å². The molecule has 0 fully saturated rings. The molecule has 37 heavy (non-hydrogen) atoms. The predicted molar refractivity (Wildman–Crippen MR) is 116 cm³/mol. The number of benzene rings is 2. The van der Waals surface area contributed by atoms with Crippen LogP contribution in [0.5, 0.6) is 0 Å². The van der Waals surface area contributed by atoms with Crippen molar-refractivity contribution < 1.29 is 120 Å². The van der Waals surface area contributed by atoms with Crippen molar-refractivity contribution in [3.05, 3.63) is 69.8 Å². The zero-order chi connectivity index (χ0) is 23.2. The van der Waals surface area contributed by atoms with Crippen LogP contribution in [0.4, 0.5) is 0 Å². The molecule has 19 heteroatoms. The maximum Gasteiger partial charge on any atom is 2.00 e. The number of carbonyl (C=O) groups is 6. The molecule has 0 saturated heterocycles. The molecule has 204 valence electrons. The van der Waals surface area contributed by atoms with Gasteiger partial charge in [-0.05, 0) is 24.3 Å². The average molecular weight is 643 g/mol. The fraction of sp³-hybridized carbons (Fsp3) is 0. The monoisotopic (exact) mass is 644 g/mol. The summed E-state index contributed by atoms with van der Waals surface area (Å²) in [5.74, 6) is -9.72. The molecule has 0 radical (unpaired) electrons.